The van der Waals surface area contributed by atoms with Crippen molar-refractivity contribution in [2.45, 2.75) is 25.9 Å². The minimum Gasteiger partial charge on any atom is -0.390 e. The largest absolute Gasteiger partial charge is 0.390 e. The molecule has 3 rings (SSSR count). The first-order valence-electron chi connectivity index (χ1n) is 7.82. The summed E-state index contributed by atoms with van der Waals surface area (Å²) in [5, 5.41) is 15.9. The standard InChI is InChI=1S/C18H20N4OS/c1-18(2,23)9-11-20-17-19-10-8-14(22-17)15-12-24-16(21-15)13-6-4-3-5-7-13/h3-8,10,12,23H,9,11H2,1-2H3,(H,19,20,22). The van der Waals surface area contributed by atoms with Crippen LogP contribution in [0.15, 0.2) is 48.0 Å². The van der Waals surface area contributed by atoms with E-state index >= 15 is 0 Å². The van der Waals surface area contributed by atoms with E-state index in [1.165, 1.54) is 0 Å². The van der Waals surface area contributed by atoms with Crippen molar-refractivity contribution in [2.75, 3.05) is 11.9 Å². The Morgan fingerprint density at radius 2 is 1.88 bits per heavy atom. The Hall–Kier alpha value is -2.31. The summed E-state index contributed by atoms with van der Waals surface area (Å²) in [6.07, 6.45) is 2.34. The van der Waals surface area contributed by atoms with Gasteiger partial charge in [-0.3, -0.25) is 0 Å². The van der Waals surface area contributed by atoms with Gasteiger partial charge in [0.1, 0.15) is 10.7 Å². The minimum atomic E-state index is -0.704. The van der Waals surface area contributed by atoms with Gasteiger partial charge in [0.15, 0.2) is 0 Å². The van der Waals surface area contributed by atoms with Gasteiger partial charge in [0.05, 0.1) is 11.3 Å². The molecule has 1 aromatic carbocycles. The lowest BCUT2D eigenvalue weighted by atomic mass is 10.1. The summed E-state index contributed by atoms with van der Waals surface area (Å²) < 4.78 is 0. The Kier molecular flexibility index (Phi) is 4.87. The number of benzene rings is 1. The van der Waals surface area contributed by atoms with Crippen molar-refractivity contribution in [1.29, 1.82) is 0 Å². The SMILES string of the molecule is CC(C)(O)CCNc1nccc(-c2csc(-c3ccccc3)n2)n1. The summed E-state index contributed by atoms with van der Waals surface area (Å²) in [6, 6.07) is 12.0. The molecule has 2 aromatic heterocycles. The van der Waals surface area contributed by atoms with E-state index in [0.717, 1.165) is 22.0 Å². The van der Waals surface area contributed by atoms with Gasteiger partial charge < -0.3 is 10.4 Å². The monoisotopic (exact) mass is 340 g/mol. The molecule has 0 saturated carbocycles. The van der Waals surface area contributed by atoms with Crippen LogP contribution in [0.3, 0.4) is 0 Å². The third kappa shape index (κ3) is 4.37. The molecule has 0 atom stereocenters. The first kappa shape index (κ1) is 16.5. The Morgan fingerprint density at radius 1 is 1.08 bits per heavy atom. The topological polar surface area (TPSA) is 70.9 Å². The molecule has 2 N–H and O–H groups in total. The van der Waals surface area contributed by atoms with E-state index in [9.17, 15) is 5.11 Å². The van der Waals surface area contributed by atoms with Crippen LogP contribution in [-0.4, -0.2) is 32.2 Å². The van der Waals surface area contributed by atoms with Crippen molar-refractivity contribution in [2.24, 2.45) is 0 Å². The fourth-order valence-corrected chi connectivity index (χ4v) is 2.99. The second-order valence-corrected chi connectivity index (χ2v) is 7.02. The highest BCUT2D eigenvalue weighted by atomic mass is 32.1. The van der Waals surface area contributed by atoms with E-state index in [2.05, 4.69) is 20.3 Å². The highest BCUT2D eigenvalue weighted by Crippen LogP contribution is 2.27. The lowest BCUT2D eigenvalue weighted by Crippen LogP contribution is -2.23. The molecule has 3 aromatic rings. The lowest BCUT2D eigenvalue weighted by molar-refractivity contribution is 0.0748. The average molecular weight is 340 g/mol. The van der Waals surface area contributed by atoms with Crippen LogP contribution < -0.4 is 5.32 Å². The highest BCUT2D eigenvalue weighted by molar-refractivity contribution is 7.13. The quantitative estimate of drug-likeness (QED) is 0.713. The molecule has 0 aliphatic carbocycles. The second-order valence-electron chi connectivity index (χ2n) is 6.16. The first-order valence-corrected chi connectivity index (χ1v) is 8.70. The molecule has 0 aliphatic rings. The minimum absolute atomic E-state index is 0.547. The van der Waals surface area contributed by atoms with Crippen LogP contribution in [0, 0.1) is 0 Å². The smallest absolute Gasteiger partial charge is 0.223 e. The molecular formula is C18H20N4OS. The van der Waals surface area contributed by atoms with Crippen LogP contribution in [0.4, 0.5) is 5.95 Å². The molecule has 0 spiro atoms. The summed E-state index contributed by atoms with van der Waals surface area (Å²) in [5.41, 5.74) is 2.02. The number of nitrogens with one attached hydrogen (secondary N) is 1. The number of nitrogens with zero attached hydrogens (tertiary/aromatic N) is 3. The van der Waals surface area contributed by atoms with E-state index in [1.807, 2.05) is 41.8 Å². The van der Waals surface area contributed by atoms with Crippen molar-refractivity contribution >= 4 is 17.3 Å². The van der Waals surface area contributed by atoms with Crippen molar-refractivity contribution < 1.29 is 5.11 Å². The molecule has 0 saturated heterocycles. The summed E-state index contributed by atoms with van der Waals surface area (Å²) in [6.45, 7) is 4.18. The number of aliphatic hydroxyl groups is 1. The Labute approximate surface area is 145 Å². The summed E-state index contributed by atoms with van der Waals surface area (Å²) in [7, 11) is 0. The third-order valence-electron chi connectivity index (χ3n) is 3.46. The van der Waals surface area contributed by atoms with Crippen LogP contribution >= 0.6 is 11.3 Å². The zero-order chi connectivity index (χ0) is 17.0. The maximum Gasteiger partial charge on any atom is 0.223 e. The number of hydrogen-bond acceptors (Lipinski definition) is 6. The molecule has 6 heteroatoms. The van der Waals surface area contributed by atoms with Crippen molar-refractivity contribution in [3.63, 3.8) is 0 Å². The van der Waals surface area contributed by atoms with Gasteiger partial charge in [0.2, 0.25) is 5.95 Å². The molecular weight excluding hydrogens is 320 g/mol. The van der Waals surface area contributed by atoms with Gasteiger partial charge in [-0.25, -0.2) is 15.0 Å². The highest BCUT2D eigenvalue weighted by Gasteiger charge is 2.12. The number of anilines is 1. The Bertz CT molecular complexity index is 796. The Morgan fingerprint density at radius 3 is 2.62 bits per heavy atom. The Balaban J connectivity index is 1.74. The molecule has 0 aliphatic heterocycles. The molecule has 0 unspecified atom stereocenters. The molecule has 0 radical (unpaired) electrons. The number of aromatic nitrogens is 3. The summed E-state index contributed by atoms with van der Waals surface area (Å²) in [4.78, 5) is 13.4. The third-order valence-corrected chi connectivity index (χ3v) is 4.35. The summed E-state index contributed by atoms with van der Waals surface area (Å²) >= 11 is 1.60. The van der Waals surface area contributed by atoms with E-state index in [4.69, 9.17) is 0 Å². The van der Waals surface area contributed by atoms with E-state index in [1.54, 1.807) is 31.4 Å². The molecule has 5 nitrogen and oxygen atoms in total. The van der Waals surface area contributed by atoms with Gasteiger partial charge in [-0.2, -0.15) is 0 Å². The predicted molar refractivity (Wildman–Crippen MR) is 98.0 cm³/mol. The lowest BCUT2D eigenvalue weighted by Gasteiger charge is -2.16. The van der Waals surface area contributed by atoms with Crippen LogP contribution in [0.1, 0.15) is 20.3 Å². The van der Waals surface area contributed by atoms with Crippen molar-refractivity contribution in [1.82, 2.24) is 15.0 Å². The van der Waals surface area contributed by atoms with Gasteiger partial charge in [0, 0.05) is 23.7 Å². The number of hydrogen-bond donors (Lipinski definition) is 2. The van der Waals surface area contributed by atoms with Crippen LogP contribution in [0.5, 0.6) is 0 Å². The van der Waals surface area contributed by atoms with E-state index in [0.29, 0.717) is 18.9 Å². The zero-order valence-corrected chi connectivity index (χ0v) is 14.5. The average Bonchev–Trinajstić information content (AvgIpc) is 3.05. The fourth-order valence-electron chi connectivity index (χ4n) is 2.17. The van der Waals surface area contributed by atoms with Crippen molar-refractivity contribution in [3.8, 4) is 22.0 Å². The van der Waals surface area contributed by atoms with Gasteiger partial charge in [-0.05, 0) is 26.3 Å². The maximum atomic E-state index is 9.75. The molecule has 0 fully saturated rings. The van der Waals surface area contributed by atoms with Gasteiger partial charge in [-0.15, -0.1) is 11.3 Å². The molecule has 124 valence electrons. The van der Waals surface area contributed by atoms with Crippen molar-refractivity contribution in [3.05, 3.63) is 48.0 Å². The fraction of sp³-hybridized carbons (Fsp3) is 0.278. The molecule has 0 amide bonds. The van der Waals surface area contributed by atoms with Gasteiger partial charge >= 0.3 is 0 Å². The van der Waals surface area contributed by atoms with Gasteiger partial charge in [-0.1, -0.05) is 30.3 Å². The van der Waals surface area contributed by atoms with Crippen LogP contribution in [-0.2, 0) is 0 Å². The normalized spacial score (nSPS) is 11.5. The second kappa shape index (κ2) is 7.07. The molecule has 0 bridgehead atoms. The van der Waals surface area contributed by atoms with Crippen LogP contribution in [0.2, 0.25) is 0 Å². The summed E-state index contributed by atoms with van der Waals surface area (Å²) in [5.74, 6) is 0.547. The van der Waals surface area contributed by atoms with E-state index < -0.39 is 5.60 Å². The number of rotatable bonds is 6. The van der Waals surface area contributed by atoms with Crippen LogP contribution in [0.25, 0.3) is 22.0 Å². The maximum absolute atomic E-state index is 9.75. The first-order chi connectivity index (χ1) is 11.5. The number of thiazole rings is 1. The zero-order valence-electron chi connectivity index (χ0n) is 13.7. The van der Waals surface area contributed by atoms with Gasteiger partial charge in [0.25, 0.3) is 0 Å². The predicted octanol–water partition coefficient (Wildman–Crippen LogP) is 3.84. The van der Waals surface area contributed by atoms with E-state index in [-0.39, 0.29) is 0 Å². The molecule has 24 heavy (non-hydrogen) atoms. The molecule has 2 heterocycles.